The highest BCUT2D eigenvalue weighted by Crippen LogP contribution is 2.28. The van der Waals surface area contributed by atoms with E-state index in [2.05, 4.69) is 36.4 Å². The van der Waals surface area contributed by atoms with Crippen molar-refractivity contribution in [3.05, 3.63) is 63.4 Å². The molecule has 23 heavy (non-hydrogen) atoms. The summed E-state index contributed by atoms with van der Waals surface area (Å²) in [6.45, 7) is 0. The summed E-state index contributed by atoms with van der Waals surface area (Å²) >= 11 is 3.36. The topological polar surface area (TPSA) is 82.6 Å². The van der Waals surface area contributed by atoms with Gasteiger partial charge in [-0.2, -0.15) is 5.11 Å². The molecule has 1 aromatic heterocycles. The molecule has 0 spiro atoms. The number of aromatic nitrogens is 2. The van der Waals surface area contributed by atoms with Crippen LogP contribution in [0.4, 0.5) is 11.4 Å². The van der Waals surface area contributed by atoms with Gasteiger partial charge >= 0.3 is 0 Å². The first kappa shape index (κ1) is 15.2. The van der Waals surface area contributed by atoms with E-state index in [4.69, 9.17) is 4.74 Å². The van der Waals surface area contributed by atoms with Crippen molar-refractivity contribution in [3.63, 3.8) is 0 Å². The van der Waals surface area contributed by atoms with Gasteiger partial charge in [0.25, 0.3) is 5.56 Å². The summed E-state index contributed by atoms with van der Waals surface area (Å²) in [5.41, 5.74) is 1.97. The van der Waals surface area contributed by atoms with Crippen LogP contribution in [-0.4, -0.2) is 17.3 Å². The smallest absolute Gasteiger partial charge is 0.292 e. The molecule has 0 aliphatic heterocycles. The summed E-state index contributed by atoms with van der Waals surface area (Å²) in [7, 11) is 1.60. The third kappa shape index (κ3) is 3.40. The van der Waals surface area contributed by atoms with Crippen LogP contribution in [0, 0.1) is 0 Å². The molecule has 0 unspecified atom stereocenters. The minimum atomic E-state index is -0.323. The molecule has 0 aliphatic rings. The van der Waals surface area contributed by atoms with Crippen molar-refractivity contribution in [2.24, 2.45) is 10.2 Å². The quantitative estimate of drug-likeness (QED) is 0.658. The van der Waals surface area contributed by atoms with E-state index in [1.54, 1.807) is 7.11 Å². The van der Waals surface area contributed by atoms with Crippen molar-refractivity contribution in [3.8, 4) is 17.0 Å². The molecule has 7 heteroatoms. The standard InChI is InChI=1S/C16H13BrN4O2/c1-23-13-8-2-10(3-9-13)14-15(16(22)21-19-14)20-18-12-6-4-11(17)5-7-12/h2-9H,1H3,(H2,19,21,22). The maximum atomic E-state index is 11.9. The second kappa shape index (κ2) is 6.62. The van der Waals surface area contributed by atoms with E-state index in [9.17, 15) is 4.79 Å². The Balaban J connectivity index is 1.95. The number of rotatable bonds is 4. The van der Waals surface area contributed by atoms with Crippen LogP contribution in [0.2, 0.25) is 0 Å². The maximum Gasteiger partial charge on any atom is 0.292 e. The Morgan fingerprint density at radius 1 is 0.957 bits per heavy atom. The van der Waals surface area contributed by atoms with Crippen molar-refractivity contribution < 1.29 is 4.74 Å². The summed E-state index contributed by atoms with van der Waals surface area (Å²) in [5, 5.41) is 13.6. The summed E-state index contributed by atoms with van der Waals surface area (Å²) < 4.78 is 6.08. The highest BCUT2D eigenvalue weighted by Gasteiger charge is 2.11. The largest absolute Gasteiger partial charge is 0.497 e. The molecule has 0 fully saturated rings. The lowest BCUT2D eigenvalue weighted by atomic mass is 10.1. The highest BCUT2D eigenvalue weighted by atomic mass is 79.9. The van der Waals surface area contributed by atoms with E-state index in [0.29, 0.717) is 11.4 Å². The molecule has 3 rings (SSSR count). The Morgan fingerprint density at radius 3 is 2.30 bits per heavy atom. The van der Waals surface area contributed by atoms with Crippen LogP contribution in [0.1, 0.15) is 0 Å². The molecule has 6 nitrogen and oxygen atoms in total. The average Bonchev–Trinajstić information content (AvgIpc) is 2.95. The van der Waals surface area contributed by atoms with Crippen LogP contribution in [0.3, 0.4) is 0 Å². The molecule has 1 heterocycles. The van der Waals surface area contributed by atoms with Crippen LogP contribution >= 0.6 is 15.9 Å². The molecule has 2 N–H and O–H groups in total. The average molecular weight is 373 g/mol. The first-order valence-electron chi connectivity index (χ1n) is 6.80. The monoisotopic (exact) mass is 372 g/mol. The second-order valence-electron chi connectivity index (χ2n) is 4.71. The van der Waals surface area contributed by atoms with Crippen LogP contribution < -0.4 is 10.3 Å². The Kier molecular flexibility index (Phi) is 4.38. The number of nitrogens with zero attached hydrogens (tertiary/aromatic N) is 2. The van der Waals surface area contributed by atoms with Crippen LogP contribution in [-0.2, 0) is 0 Å². The molecular formula is C16H13BrN4O2. The van der Waals surface area contributed by atoms with Gasteiger partial charge in [-0.1, -0.05) is 15.9 Å². The maximum absolute atomic E-state index is 11.9. The van der Waals surface area contributed by atoms with Gasteiger partial charge in [0.15, 0.2) is 5.69 Å². The number of hydrogen-bond donors (Lipinski definition) is 2. The zero-order valence-electron chi connectivity index (χ0n) is 12.2. The van der Waals surface area contributed by atoms with E-state index in [0.717, 1.165) is 15.8 Å². The van der Waals surface area contributed by atoms with Gasteiger partial charge in [0.05, 0.1) is 18.5 Å². The number of benzene rings is 2. The Bertz CT molecular complexity index is 880. The third-order valence-electron chi connectivity index (χ3n) is 3.22. The first-order chi connectivity index (χ1) is 11.2. The third-order valence-corrected chi connectivity index (χ3v) is 3.75. The van der Waals surface area contributed by atoms with Crippen molar-refractivity contribution in [2.45, 2.75) is 0 Å². The van der Waals surface area contributed by atoms with Gasteiger partial charge < -0.3 is 4.74 Å². The van der Waals surface area contributed by atoms with Gasteiger partial charge in [-0.3, -0.25) is 15.0 Å². The molecule has 0 saturated heterocycles. The van der Waals surface area contributed by atoms with Gasteiger partial charge in [-0.25, -0.2) is 0 Å². The van der Waals surface area contributed by atoms with Crippen molar-refractivity contribution >= 4 is 27.3 Å². The zero-order valence-corrected chi connectivity index (χ0v) is 13.8. The SMILES string of the molecule is COc1ccc(-c2[nH][nH]c(=O)c2N=Nc2ccc(Br)cc2)cc1. The fraction of sp³-hybridized carbons (Fsp3) is 0.0625. The molecule has 116 valence electrons. The van der Waals surface area contributed by atoms with Crippen LogP contribution in [0.5, 0.6) is 5.75 Å². The summed E-state index contributed by atoms with van der Waals surface area (Å²) in [6, 6.07) is 14.7. The minimum Gasteiger partial charge on any atom is -0.497 e. The summed E-state index contributed by atoms with van der Waals surface area (Å²) in [4.78, 5) is 11.9. The van der Waals surface area contributed by atoms with E-state index >= 15 is 0 Å². The van der Waals surface area contributed by atoms with Gasteiger partial charge in [0.1, 0.15) is 5.75 Å². The number of hydrogen-bond acceptors (Lipinski definition) is 4. The zero-order chi connectivity index (χ0) is 16.2. The van der Waals surface area contributed by atoms with Crippen molar-refractivity contribution in [1.82, 2.24) is 10.2 Å². The molecule has 0 bridgehead atoms. The Morgan fingerprint density at radius 2 is 1.65 bits per heavy atom. The lowest BCUT2D eigenvalue weighted by molar-refractivity contribution is 0.415. The van der Waals surface area contributed by atoms with Gasteiger partial charge in [-0.15, -0.1) is 5.11 Å². The van der Waals surface area contributed by atoms with Crippen molar-refractivity contribution in [1.29, 1.82) is 0 Å². The van der Waals surface area contributed by atoms with Crippen LogP contribution in [0.25, 0.3) is 11.3 Å². The fourth-order valence-corrected chi connectivity index (χ4v) is 2.29. The summed E-state index contributed by atoms with van der Waals surface area (Å²) in [5.74, 6) is 0.740. The highest BCUT2D eigenvalue weighted by molar-refractivity contribution is 9.10. The minimum absolute atomic E-state index is 0.234. The Hall–Kier alpha value is -2.67. The lowest BCUT2D eigenvalue weighted by Crippen LogP contribution is -1.96. The number of nitrogens with one attached hydrogen (secondary N) is 2. The lowest BCUT2D eigenvalue weighted by Gasteiger charge is -2.01. The van der Waals surface area contributed by atoms with Gasteiger partial charge in [-0.05, 0) is 48.5 Å². The predicted molar refractivity (Wildman–Crippen MR) is 91.7 cm³/mol. The van der Waals surface area contributed by atoms with E-state index in [-0.39, 0.29) is 11.2 Å². The number of methoxy groups -OCH3 is 1. The predicted octanol–water partition coefficient (Wildman–Crippen LogP) is 4.56. The van der Waals surface area contributed by atoms with Crippen LogP contribution in [0.15, 0.2) is 68.0 Å². The summed E-state index contributed by atoms with van der Waals surface area (Å²) in [6.07, 6.45) is 0. The fourth-order valence-electron chi connectivity index (χ4n) is 2.03. The second-order valence-corrected chi connectivity index (χ2v) is 5.62. The molecule has 2 aromatic carbocycles. The van der Waals surface area contributed by atoms with Crippen molar-refractivity contribution in [2.75, 3.05) is 7.11 Å². The van der Waals surface area contributed by atoms with Gasteiger partial charge in [0.2, 0.25) is 0 Å². The molecule has 0 amide bonds. The van der Waals surface area contributed by atoms with Gasteiger partial charge in [0, 0.05) is 10.0 Å². The Labute approximate surface area is 140 Å². The van der Waals surface area contributed by atoms with E-state index in [1.165, 1.54) is 0 Å². The number of ether oxygens (including phenoxy) is 1. The number of azo groups is 1. The molecular weight excluding hydrogens is 360 g/mol. The number of aromatic amines is 2. The molecule has 3 aromatic rings. The number of H-pyrrole nitrogens is 2. The normalized spacial score (nSPS) is 11.0. The van der Waals surface area contributed by atoms with E-state index < -0.39 is 0 Å². The molecule has 0 saturated carbocycles. The molecule has 0 radical (unpaired) electrons. The number of halogens is 1. The van der Waals surface area contributed by atoms with E-state index in [1.807, 2.05) is 48.5 Å². The first-order valence-corrected chi connectivity index (χ1v) is 7.59. The molecule has 0 atom stereocenters. The molecule has 0 aliphatic carbocycles.